The van der Waals surface area contributed by atoms with Crippen molar-refractivity contribution in [3.05, 3.63) is 65.9 Å². The number of benzene rings is 1. The third kappa shape index (κ3) is 4.62. The number of imidazole rings is 1. The predicted molar refractivity (Wildman–Crippen MR) is 106 cm³/mol. The molecule has 156 valence electrons. The molecule has 3 heterocycles. The molecule has 2 aliphatic rings. The van der Waals surface area contributed by atoms with E-state index in [1.54, 1.807) is 24.5 Å². The number of aromatic nitrogens is 2. The number of rotatable bonds is 4. The van der Waals surface area contributed by atoms with Crippen LogP contribution in [0.5, 0.6) is 0 Å². The monoisotopic (exact) mass is 579 g/mol. The van der Waals surface area contributed by atoms with Crippen molar-refractivity contribution < 1.29 is 37.7 Å². The topological polar surface area (TPSA) is 71.4 Å². The van der Waals surface area contributed by atoms with Crippen LogP contribution in [0.2, 0.25) is 0 Å². The second-order valence-corrected chi connectivity index (χ2v) is 8.68. The number of aromatic amines is 1. The van der Waals surface area contributed by atoms with Crippen LogP contribution < -0.4 is 0 Å². The molecule has 1 amide bonds. The summed E-state index contributed by atoms with van der Waals surface area (Å²) < 4.78 is 24.5. The number of halogens is 1. The fraction of sp³-hybridized carbons (Fsp3) is 0.318. The van der Waals surface area contributed by atoms with Gasteiger partial charge >= 0.3 is 128 Å². The van der Waals surface area contributed by atoms with Crippen molar-refractivity contribution >= 4 is 21.0 Å². The number of H-pyrrole nitrogens is 1. The molecule has 1 aliphatic heterocycles. The maximum Gasteiger partial charge on any atom is 0.169 e. The Kier molecular flexibility index (Phi) is 6.28. The van der Waals surface area contributed by atoms with E-state index in [9.17, 15) is 9.18 Å². The van der Waals surface area contributed by atoms with E-state index >= 15 is 0 Å². The van der Waals surface area contributed by atoms with Crippen LogP contribution in [0.1, 0.15) is 31.2 Å². The first kappa shape index (κ1) is 20.7. The number of nitrogens with one attached hydrogen (secondary N) is 1. The number of carbonyl (C=O) groups is 1. The number of nitrogens with zero attached hydrogens (tertiary/aromatic N) is 2. The van der Waals surface area contributed by atoms with Crippen LogP contribution in [-0.2, 0) is 41.9 Å². The van der Waals surface area contributed by atoms with Crippen molar-refractivity contribution in [1.29, 1.82) is 0 Å². The van der Waals surface area contributed by atoms with Gasteiger partial charge in [-0.25, -0.2) is 4.39 Å². The molecule has 30 heavy (non-hydrogen) atoms. The van der Waals surface area contributed by atoms with E-state index in [2.05, 4.69) is 9.97 Å². The second-order valence-electron chi connectivity index (χ2n) is 7.23. The van der Waals surface area contributed by atoms with Gasteiger partial charge in [-0.2, -0.15) is 0 Å². The molecular weight excluding hydrogens is 557 g/mol. The zero-order valence-electron chi connectivity index (χ0n) is 16.6. The SMILES string of the molecule is C/C=C(/O[C](=[W])C1CC1)C(=O)N1CCc2nc[nH]c2C1.Fc1cccc2ccoc12. The summed E-state index contributed by atoms with van der Waals surface area (Å²) in [4.78, 5) is 21.7. The minimum absolute atomic E-state index is 0.0212. The van der Waals surface area contributed by atoms with Crippen molar-refractivity contribution in [3.63, 3.8) is 0 Å². The van der Waals surface area contributed by atoms with Crippen molar-refractivity contribution in [3.8, 4) is 0 Å². The molecule has 8 heteroatoms. The molecule has 1 aliphatic carbocycles. The number of ether oxygens (including phenoxy) is 1. The van der Waals surface area contributed by atoms with Crippen LogP contribution in [0.3, 0.4) is 0 Å². The summed E-state index contributed by atoms with van der Waals surface area (Å²) in [6, 6.07) is 6.58. The number of fused-ring (bicyclic) bond motifs is 2. The Morgan fingerprint density at radius 3 is 2.97 bits per heavy atom. The van der Waals surface area contributed by atoms with Crippen LogP contribution >= 0.6 is 0 Å². The van der Waals surface area contributed by atoms with E-state index in [0.717, 1.165) is 27.3 Å². The van der Waals surface area contributed by atoms with Gasteiger partial charge in [0.2, 0.25) is 0 Å². The van der Waals surface area contributed by atoms with E-state index in [0.29, 0.717) is 30.3 Å². The molecule has 1 N–H and O–H groups in total. The smallest absolute Gasteiger partial charge is 0.169 e. The number of amides is 1. The largest absolute Gasteiger partial charge is 0.461 e. The number of hydrogen-bond donors (Lipinski definition) is 1. The maximum atomic E-state index is 12.7. The summed E-state index contributed by atoms with van der Waals surface area (Å²) in [5.74, 6) is 0.716. The molecule has 0 bridgehead atoms. The van der Waals surface area contributed by atoms with E-state index in [1.165, 1.54) is 44.5 Å². The summed E-state index contributed by atoms with van der Waals surface area (Å²) in [7, 11) is 0. The van der Waals surface area contributed by atoms with Gasteiger partial charge in [0.1, 0.15) is 0 Å². The molecule has 2 aromatic heterocycles. The third-order valence-corrected chi connectivity index (χ3v) is 6.58. The third-order valence-electron chi connectivity index (χ3n) is 5.09. The van der Waals surface area contributed by atoms with Crippen LogP contribution in [0.25, 0.3) is 11.0 Å². The Morgan fingerprint density at radius 1 is 1.40 bits per heavy atom. The number of hydrogen-bond acceptors (Lipinski definition) is 4. The molecular formula is C22H22FN3O3W. The fourth-order valence-electron chi connectivity index (χ4n) is 3.23. The van der Waals surface area contributed by atoms with Crippen LogP contribution in [0.4, 0.5) is 4.39 Å². The Labute approximate surface area is 184 Å². The van der Waals surface area contributed by atoms with Crippen molar-refractivity contribution in [2.75, 3.05) is 6.54 Å². The van der Waals surface area contributed by atoms with Crippen molar-refractivity contribution in [2.45, 2.75) is 32.7 Å². The summed E-state index contributed by atoms with van der Waals surface area (Å²) in [6.07, 6.45) is 8.15. The van der Waals surface area contributed by atoms with E-state index < -0.39 is 0 Å². The minimum Gasteiger partial charge on any atom is -0.461 e. The fourth-order valence-corrected chi connectivity index (χ4v) is 4.40. The Balaban J connectivity index is 0.000000181. The van der Waals surface area contributed by atoms with Gasteiger partial charge in [0.15, 0.2) is 11.4 Å². The molecule has 1 fully saturated rings. The van der Waals surface area contributed by atoms with Crippen LogP contribution in [0, 0.1) is 11.7 Å². The molecule has 0 radical (unpaired) electrons. The number of furan rings is 1. The Hall–Kier alpha value is -2.53. The quantitative estimate of drug-likeness (QED) is 0.377. The normalized spacial score (nSPS) is 15.9. The average molecular weight is 579 g/mol. The summed E-state index contributed by atoms with van der Waals surface area (Å²) in [5, 5.41) is 0.806. The number of allylic oxidation sites excluding steroid dienone is 1. The molecule has 3 aromatic rings. The van der Waals surface area contributed by atoms with Gasteiger partial charge < -0.3 is 4.42 Å². The predicted octanol–water partition coefficient (Wildman–Crippen LogP) is 3.87. The van der Waals surface area contributed by atoms with Crippen LogP contribution in [-0.4, -0.2) is 31.4 Å². The molecule has 0 unspecified atom stereocenters. The zero-order valence-corrected chi connectivity index (χ0v) is 19.5. The summed E-state index contributed by atoms with van der Waals surface area (Å²) >= 11 is 1.32. The van der Waals surface area contributed by atoms with Gasteiger partial charge in [-0.05, 0) is 12.1 Å². The second kappa shape index (κ2) is 9.09. The molecule has 1 aromatic carbocycles. The van der Waals surface area contributed by atoms with Gasteiger partial charge in [-0.3, -0.25) is 0 Å². The standard InChI is InChI=1S/C14H17N3O2.C8H5FO.W/c1-2-13(19-8-10-3-4-10)14(18)17-6-5-11-12(7-17)16-9-15-11;9-7-3-1-2-6-4-5-10-8(6)7;/h2,9-10H,3-7H2,1H3,(H,15,16);1-5H;/b13-2+;;. The van der Waals surface area contributed by atoms with Gasteiger partial charge in [0, 0.05) is 5.39 Å². The number of carbonyl (C=O) groups excluding carboxylic acids is 1. The summed E-state index contributed by atoms with van der Waals surface area (Å²) in [5.41, 5.74) is 2.44. The molecule has 1 saturated carbocycles. The first-order valence-electron chi connectivity index (χ1n) is 9.87. The first-order valence-corrected chi connectivity index (χ1v) is 11.3. The molecule has 6 nitrogen and oxygen atoms in total. The first-order chi connectivity index (χ1) is 14.6. The van der Waals surface area contributed by atoms with Crippen molar-refractivity contribution in [1.82, 2.24) is 14.9 Å². The maximum absolute atomic E-state index is 12.7. The van der Waals surface area contributed by atoms with Crippen molar-refractivity contribution in [2.24, 2.45) is 5.92 Å². The zero-order chi connectivity index (χ0) is 21.1. The van der Waals surface area contributed by atoms with Gasteiger partial charge in [0.05, 0.1) is 6.26 Å². The molecule has 5 rings (SSSR count). The van der Waals surface area contributed by atoms with Gasteiger partial charge in [-0.1, -0.05) is 12.1 Å². The molecule has 0 atom stereocenters. The van der Waals surface area contributed by atoms with Gasteiger partial charge in [0.25, 0.3) is 0 Å². The van der Waals surface area contributed by atoms with E-state index in [4.69, 9.17) is 9.15 Å². The molecule has 0 saturated heterocycles. The Morgan fingerprint density at radius 2 is 2.23 bits per heavy atom. The average Bonchev–Trinajstić information content (AvgIpc) is 3.31. The summed E-state index contributed by atoms with van der Waals surface area (Å²) in [6.45, 7) is 3.14. The van der Waals surface area contributed by atoms with Crippen LogP contribution in [0.15, 0.2) is 53.1 Å². The van der Waals surface area contributed by atoms with Gasteiger partial charge in [-0.15, -0.1) is 0 Å². The van der Waals surface area contributed by atoms with E-state index in [-0.39, 0.29) is 11.7 Å². The minimum atomic E-state index is -0.303. The van der Waals surface area contributed by atoms with E-state index in [1.807, 2.05) is 17.9 Å². The molecule has 0 spiro atoms. The Bertz CT molecular complexity index is 1100. The number of para-hydroxylation sites is 1.